The highest BCUT2D eigenvalue weighted by Crippen LogP contribution is 2.27. The molecule has 1 aliphatic carbocycles. The Kier molecular flexibility index (Phi) is 13.4. The molecule has 8 nitrogen and oxygen atoms in total. The predicted octanol–water partition coefficient (Wildman–Crippen LogP) is 3.13. The molecule has 0 aliphatic heterocycles. The van der Waals surface area contributed by atoms with E-state index in [9.17, 15) is 19.2 Å². The fraction of sp³-hybridized carbons (Fsp3) is 0.630. The second-order valence-electron chi connectivity index (χ2n) is 9.40. The van der Waals surface area contributed by atoms with E-state index in [1.807, 2.05) is 36.6 Å². The first-order chi connectivity index (χ1) is 17.5. The molecule has 1 fully saturated rings. The van der Waals surface area contributed by atoms with Crippen molar-refractivity contribution in [1.29, 1.82) is 0 Å². The number of thioether (sulfide) groups is 1. The van der Waals surface area contributed by atoms with E-state index in [0.29, 0.717) is 31.4 Å². The van der Waals surface area contributed by atoms with Crippen molar-refractivity contribution in [2.24, 2.45) is 0 Å². The molecule has 1 aromatic carbocycles. The zero-order chi connectivity index (χ0) is 26.2. The maximum atomic E-state index is 13.9. The molecule has 3 amide bonds. The Morgan fingerprint density at radius 2 is 1.61 bits per heavy atom. The molecule has 200 valence electrons. The predicted molar refractivity (Wildman–Crippen MR) is 143 cm³/mol. The quantitative estimate of drug-likeness (QED) is 0.289. The summed E-state index contributed by atoms with van der Waals surface area (Å²) in [7, 11) is 1.30. The van der Waals surface area contributed by atoms with Gasteiger partial charge in [-0.15, -0.1) is 0 Å². The highest BCUT2D eigenvalue weighted by molar-refractivity contribution is 7.98. The smallest absolute Gasteiger partial charge is 0.328 e. The van der Waals surface area contributed by atoms with E-state index < -0.39 is 23.6 Å². The number of amides is 3. The second-order valence-corrected chi connectivity index (χ2v) is 10.4. The van der Waals surface area contributed by atoms with Crippen molar-refractivity contribution in [2.45, 2.75) is 88.3 Å². The Hall–Kier alpha value is -2.55. The van der Waals surface area contributed by atoms with Crippen molar-refractivity contribution in [3.8, 4) is 0 Å². The molecule has 0 saturated heterocycles. The van der Waals surface area contributed by atoms with Gasteiger partial charge in [0.1, 0.15) is 17.6 Å². The number of esters is 1. The van der Waals surface area contributed by atoms with Gasteiger partial charge in [0.05, 0.1) is 7.11 Å². The standard InChI is InChI=1S/C27H41N3O5S/c1-35-25(33)23(19-21-13-9-8-10-14-21)29-26(34)27(16-11-6-4-3-5-7-12-17-27)30-24(32)22(28-20-31)15-18-36-2/h8-10,13-14,20,22-23H,3-7,11-12,15-19H2,1-2H3,(H,28,31)(H,29,34)(H,30,32). The van der Waals surface area contributed by atoms with Gasteiger partial charge in [-0.3, -0.25) is 14.4 Å². The first-order valence-electron chi connectivity index (χ1n) is 12.9. The van der Waals surface area contributed by atoms with E-state index in [1.165, 1.54) is 13.5 Å². The molecule has 3 N–H and O–H groups in total. The molecule has 1 aromatic rings. The lowest BCUT2D eigenvalue weighted by atomic mass is 9.83. The number of carbonyl (C=O) groups is 4. The van der Waals surface area contributed by atoms with Gasteiger partial charge in [-0.25, -0.2) is 4.79 Å². The van der Waals surface area contributed by atoms with E-state index in [4.69, 9.17) is 4.74 Å². The van der Waals surface area contributed by atoms with Gasteiger partial charge in [-0.1, -0.05) is 75.3 Å². The molecule has 0 bridgehead atoms. The summed E-state index contributed by atoms with van der Waals surface area (Å²) in [5, 5.41) is 8.54. The highest BCUT2D eigenvalue weighted by atomic mass is 32.2. The topological polar surface area (TPSA) is 114 Å². The van der Waals surface area contributed by atoms with Crippen molar-refractivity contribution < 1.29 is 23.9 Å². The van der Waals surface area contributed by atoms with Crippen LogP contribution in [-0.4, -0.2) is 60.9 Å². The van der Waals surface area contributed by atoms with Crippen LogP contribution in [0.15, 0.2) is 30.3 Å². The Labute approximate surface area is 219 Å². The first-order valence-corrected chi connectivity index (χ1v) is 14.3. The molecule has 0 radical (unpaired) electrons. The monoisotopic (exact) mass is 519 g/mol. The van der Waals surface area contributed by atoms with E-state index in [1.54, 1.807) is 11.8 Å². The first kappa shape index (κ1) is 29.7. The average molecular weight is 520 g/mol. The van der Waals surface area contributed by atoms with Crippen LogP contribution in [0.2, 0.25) is 0 Å². The molecular weight excluding hydrogens is 478 g/mol. The van der Waals surface area contributed by atoms with E-state index in [2.05, 4.69) is 16.0 Å². The van der Waals surface area contributed by atoms with Gasteiger partial charge in [0.15, 0.2) is 0 Å². The fourth-order valence-corrected chi connectivity index (χ4v) is 5.16. The minimum absolute atomic E-state index is 0.284. The van der Waals surface area contributed by atoms with Crippen molar-refractivity contribution in [1.82, 2.24) is 16.0 Å². The molecule has 2 atom stereocenters. The molecule has 36 heavy (non-hydrogen) atoms. The molecule has 0 spiro atoms. The van der Waals surface area contributed by atoms with Crippen LogP contribution in [0.1, 0.15) is 69.8 Å². The van der Waals surface area contributed by atoms with Crippen LogP contribution in [-0.2, 0) is 30.3 Å². The summed E-state index contributed by atoms with van der Waals surface area (Å²) in [6.45, 7) is 0. The minimum Gasteiger partial charge on any atom is -0.467 e. The largest absolute Gasteiger partial charge is 0.467 e. The Morgan fingerprint density at radius 1 is 1.00 bits per heavy atom. The van der Waals surface area contributed by atoms with Gasteiger partial charge in [0, 0.05) is 6.42 Å². The number of carbonyl (C=O) groups excluding carboxylic acids is 4. The molecule has 9 heteroatoms. The van der Waals surface area contributed by atoms with Gasteiger partial charge in [-0.05, 0) is 36.8 Å². The maximum Gasteiger partial charge on any atom is 0.328 e. The number of hydrogen-bond donors (Lipinski definition) is 3. The summed E-state index contributed by atoms with van der Waals surface area (Å²) in [5.74, 6) is -0.591. The van der Waals surface area contributed by atoms with Gasteiger partial charge in [-0.2, -0.15) is 11.8 Å². The van der Waals surface area contributed by atoms with E-state index in [-0.39, 0.29) is 18.2 Å². The van der Waals surface area contributed by atoms with Crippen LogP contribution in [0.25, 0.3) is 0 Å². The minimum atomic E-state index is -1.17. The third-order valence-corrected chi connectivity index (χ3v) is 7.42. The SMILES string of the molecule is COC(=O)C(Cc1ccccc1)NC(=O)C1(NC(=O)C(CCSC)NC=O)CCCCCCCCC1. The number of nitrogens with one attached hydrogen (secondary N) is 3. The van der Waals surface area contributed by atoms with Gasteiger partial charge >= 0.3 is 5.97 Å². The third-order valence-electron chi connectivity index (χ3n) is 6.77. The summed E-state index contributed by atoms with van der Waals surface area (Å²) in [6, 6.07) is 7.83. The number of rotatable bonds is 12. The normalized spacial score (nSPS) is 17.6. The molecule has 0 aromatic heterocycles. The Morgan fingerprint density at radius 3 is 2.17 bits per heavy atom. The number of benzene rings is 1. The molecule has 1 saturated carbocycles. The molecular formula is C27H41N3O5S. The Balaban J connectivity index is 2.32. The van der Waals surface area contributed by atoms with Gasteiger partial charge < -0.3 is 20.7 Å². The summed E-state index contributed by atoms with van der Waals surface area (Å²) in [5.41, 5.74) is -0.274. The van der Waals surface area contributed by atoms with Crippen molar-refractivity contribution in [3.05, 3.63) is 35.9 Å². The summed E-state index contributed by atoms with van der Waals surface area (Å²) in [4.78, 5) is 51.0. The second kappa shape index (κ2) is 16.2. The van der Waals surface area contributed by atoms with Crippen LogP contribution >= 0.6 is 11.8 Å². The van der Waals surface area contributed by atoms with Gasteiger partial charge in [0.25, 0.3) is 0 Å². The highest BCUT2D eigenvalue weighted by Gasteiger charge is 2.42. The number of hydrogen-bond acceptors (Lipinski definition) is 6. The van der Waals surface area contributed by atoms with Crippen molar-refractivity contribution >= 4 is 36.0 Å². The zero-order valence-corrected chi connectivity index (χ0v) is 22.4. The van der Waals surface area contributed by atoms with Crippen LogP contribution in [0.3, 0.4) is 0 Å². The van der Waals surface area contributed by atoms with E-state index in [0.717, 1.165) is 44.1 Å². The lowest BCUT2D eigenvalue weighted by molar-refractivity contribution is -0.146. The van der Waals surface area contributed by atoms with Crippen LogP contribution in [0, 0.1) is 0 Å². The lowest BCUT2D eigenvalue weighted by Crippen LogP contribution is -2.64. The van der Waals surface area contributed by atoms with Crippen molar-refractivity contribution in [3.63, 3.8) is 0 Å². The van der Waals surface area contributed by atoms with Crippen LogP contribution in [0.4, 0.5) is 0 Å². The molecule has 1 aliphatic rings. The van der Waals surface area contributed by atoms with E-state index >= 15 is 0 Å². The fourth-order valence-electron chi connectivity index (χ4n) is 4.68. The average Bonchev–Trinajstić information content (AvgIpc) is 2.89. The molecule has 2 rings (SSSR count). The third kappa shape index (κ3) is 9.48. The van der Waals surface area contributed by atoms with Crippen molar-refractivity contribution in [2.75, 3.05) is 19.1 Å². The number of ether oxygens (including phenoxy) is 1. The van der Waals surface area contributed by atoms with Crippen LogP contribution < -0.4 is 16.0 Å². The summed E-state index contributed by atoms with van der Waals surface area (Å²) >= 11 is 1.58. The van der Waals surface area contributed by atoms with Gasteiger partial charge in [0.2, 0.25) is 18.2 Å². The summed E-state index contributed by atoms with van der Waals surface area (Å²) < 4.78 is 4.99. The molecule has 0 heterocycles. The summed E-state index contributed by atoms with van der Waals surface area (Å²) in [6.07, 6.45) is 11.0. The number of methoxy groups -OCH3 is 1. The lowest BCUT2D eigenvalue weighted by Gasteiger charge is -2.36. The van der Waals surface area contributed by atoms with Crippen LogP contribution in [0.5, 0.6) is 0 Å². The Bertz CT molecular complexity index is 826. The molecule has 2 unspecified atom stereocenters. The zero-order valence-electron chi connectivity index (χ0n) is 21.6. The maximum absolute atomic E-state index is 13.9.